The Morgan fingerprint density at radius 1 is 1.32 bits per heavy atom. The van der Waals surface area contributed by atoms with Gasteiger partial charge in [-0.2, -0.15) is 0 Å². The standard InChI is InChI=1S/C18H16ClFN2O3/c1-25-16-5-3-2-4-15(16)22-10-11(8-17(22)23)18(24)21-14-7-6-12(19)9-13(14)20/h2-7,9,11H,8,10H2,1H3,(H,21,24)/t11-/m0/s1. The van der Waals surface area contributed by atoms with Gasteiger partial charge in [0.1, 0.15) is 11.6 Å². The van der Waals surface area contributed by atoms with Gasteiger partial charge < -0.3 is 15.0 Å². The number of ether oxygens (including phenoxy) is 1. The number of hydrogen-bond acceptors (Lipinski definition) is 3. The zero-order valence-corrected chi connectivity index (χ0v) is 14.2. The Morgan fingerprint density at radius 2 is 2.08 bits per heavy atom. The van der Waals surface area contributed by atoms with Crippen LogP contribution in [-0.2, 0) is 9.59 Å². The number of carbonyl (C=O) groups is 2. The second-order valence-corrected chi connectivity index (χ2v) is 6.13. The first-order valence-electron chi connectivity index (χ1n) is 7.69. The Labute approximate surface area is 149 Å². The Balaban J connectivity index is 1.74. The highest BCUT2D eigenvalue weighted by molar-refractivity contribution is 6.30. The molecule has 25 heavy (non-hydrogen) atoms. The SMILES string of the molecule is COc1ccccc1N1C[C@@H](C(=O)Nc2ccc(Cl)cc2F)CC1=O. The largest absolute Gasteiger partial charge is 0.495 e. The molecule has 2 aromatic rings. The number of methoxy groups -OCH3 is 1. The molecule has 7 heteroatoms. The smallest absolute Gasteiger partial charge is 0.229 e. The number of benzene rings is 2. The van der Waals surface area contributed by atoms with Gasteiger partial charge >= 0.3 is 0 Å². The molecule has 0 aliphatic carbocycles. The summed E-state index contributed by atoms with van der Waals surface area (Å²) in [6.45, 7) is 0.209. The van der Waals surface area contributed by atoms with Gasteiger partial charge in [0.2, 0.25) is 11.8 Å². The molecule has 0 aromatic heterocycles. The summed E-state index contributed by atoms with van der Waals surface area (Å²) in [7, 11) is 1.52. The van der Waals surface area contributed by atoms with E-state index in [2.05, 4.69) is 5.32 Å². The van der Waals surface area contributed by atoms with E-state index in [9.17, 15) is 14.0 Å². The number of hydrogen-bond donors (Lipinski definition) is 1. The molecule has 1 saturated heterocycles. The first-order valence-corrected chi connectivity index (χ1v) is 8.06. The van der Waals surface area contributed by atoms with Gasteiger partial charge in [0.05, 0.1) is 24.4 Å². The van der Waals surface area contributed by atoms with Crippen molar-refractivity contribution in [2.24, 2.45) is 5.92 Å². The van der Waals surface area contributed by atoms with Crippen molar-refractivity contribution >= 4 is 34.8 Å². The lowest BCUT2D eigenvalue weighted by atomic mass is 10.1. The van der Waals surface area contributed by atoms with Gasteiger partial charge in [-0.25, -0.2) is 4.39 Å². The zero-order chi connectivity index (χ0) is 18.0. The Hall–Kier alpha value is -2.60. The van der Waals surface area contributed by atoms with E-state index in [0.717, 1.165) is 6.07 Å². The summed E-state index contributed by atoms with van der Waals surface area (Å²) in [6, 6.07) is 11.1. The third kappa shape index (κ3) is 3.58. The molecule has 130 valence electrons. The average molecular weight is 363 g/mol. The normalized spacial score (nSPS) is 16.8. The summed E-state index contributed by atoms with van der Waals surface area (Å²) in [4.78, 5) is 26.2. The third-order valence-corrected chi connectivity index (χ3v) is 4.30. The monoisotopic (exact) mass is 362 g/mol. The van der Waals surface area contributed by atoms with Crippen molar-refractivity contribution in [1.82, 2.24) is 0 Å². The van der Waals surface area contributed by atoms with E-state index in [4.69, 9.17) is 16.3 Å². The van der Waals surface area contributed by atoms with Crippen LogP contribution in [-0.4, -0.2) is 25.5 Å². The Morgan fingerprint density at radius 3 is 2.80 bits per heavy atom. The number of rotatable bonds is 4. The number of halogens is 2. The number of para-hydroxylation sites is 2. The topological polar surface area (TPSA) is 58.6 Å². The average Bonchev–Trinajstić information content (AvgIpc) is 2.99. The Kier molecular flexibility index (Phi) is 4.90. The van der Waals surface area contributed by atoms with Crippen molar-refractivity contribution in [3.05, 3.63) is 53.3 Å². The molecule has 3 rings (SSSR count). The van der Waals surface area contributed by atoms with Gasteiger partial charge in [0.15, 0.2) is 0 Å². The fraction of sp³-hybridized carbons (Fsp3) is 0.222. The number of nitrogens with zero attached hydrogens (tertiary/aromatic N) is 1. The maximum absolute atomic E-state index is 13.8. The van der Waals surface area contributed by atoms with Crippen molar-refractivity contribution < 1.29 is 18.7 Å². The summed E-state index contributed by atoms with van der Waals surface area (Å²) in [5, 5.41) is 2.76. The minimum Gasteiger partial charge on any atom is -0.495 e. The molecule has 0 radical (unpaired) electrons. The van der Waals surface area contributed by atoms with Crippen LogP contribution in [0.1, 0.15) is 6.42 Å². The van der Waals surface area contributed by atoms with Gasteiger partial charge in [0, 0.05) is 18.0 Å². The van der Waals surface area contributed by atoms with E-state index in [1.807, 2.05) is 0 Å². The maximum atomic E-state index is 13.8. The third-order valence-electron chi connectivity index (χ3n) is 4.06. The number of nitrogens with one attached hydrogen (secondary N) is 1. The molecule has 1 atom stereocenters. The summed E-state index contributed by atoms with van der Waals surface area (Å²) in [5.41, 5.74) is 0.653. The van der Waals surface area contributed by atoms with Gasteiger partial charge in [-0.3, -0.25) is 9.59 Å². The molecule has 0 bridgehead atoms. The maximum Gasteiger partial charge on any atom is 0.229 e. The van der Waals surface area contributed by atoms with Crippen LogP contribution >= 0.6 is 11.6 Å². The molecule has 1 aliphatic rings. The number of amides is 2. The van der Waals surface area contributed by atoms with Crippen LogP contribution in [0.4, 0.5) is 15.8 Å². The van der Waals surface area contributed by atoms with Crippen LogP contribution in [0, 0.1) is 11.7 Å². The van der Waals surface area contributed by atoms with Gasteiger partial charge in [-0.1, -0.05) is 23.7 Å². The van der Waals surface area contributed by atoms with Crippen molar-refractivity contribution in [3.63, 3.8) is 0 Å². The molecule has 0 saturated carbocycles. The first kappa shape index (κ1) is 17.2. The second-order valence-electron chi connectivity index (χ2n) is 5.69. The predicted octanol–water partition coefficient (Wildman–Crippen LogP) is 3.48. The fourth-order valence-electron chi connectivity index (χ4n) is 2.79. The molecule has 0 spiro atoms. The lowest BCUT2D eigenvalue weighted by Crippen LogP contribution is -2.28. The van der Waals surface area contributed by atoms with E-state index >= 15 is 0 Å². The van der Waals surface area contributed by atoms with E-state index < -0.39 is 17.6 Å². The van der Waals surface area contributed by atoms with Gasteiger partial charge in [-0.15, -0.1) is 0 Å². The minimum absolute atomic E-state index is 0.0394. The molecular formula is C18H16ClFN2O3. The summed E-state index contributed by atoms with van der Waals surface area (Å²) < 4.78 is 19.1. The molecule has 2 aromatic carbocycles. The van der Waals surface area contributed by atoms with Crippen molar-refractivity contribution in [1.29, 1.82) is 0 Å². The van der Waals surface area contributed by atoms with E-state index in [1.165, 1.54) is 24.1 Å². The summed E-state index contributed by atoms with van der Waals surface area (Å²) in [6.07, 6.45) is 0.0547. The predicted molar refractivity (Wildman–Crippen MR) is 93.5 cm³/mol. The summed E-state index contributed by atoms with van der Waals surface area (Å²) >= 11 is 5.70. The van der Waals surface area contributed by atoms with E-state index in [1.54, 1.807) is 24.3 Å². The quantitative estimate of drug-likeness (QED) is 0.905. The van der Waals surface area contributed by atoms with Crippen LogP contribution in [0.3, 0.4) is 0 Å². The molecule has 0 unspecified atom stereocenters. The van der Waals surface area contributed by atoms with E-state index in [0.29, 0.717) is 11.4 Å². The molecule has 5 nitrogen and oxygen atoms in total. The Bertz CT molecular complexity index is 828. The van der Waals surface area contributed by atoms with Gasteiger partial charge in [-0.05, 0) is 30.3 Å². The van der Waals surface area contributed by atoms with Crippen LogP contribution < -0.4 is 15.0 Å². The lowest BCUT2D eigenvalue weighted by Gasteiger charge is -2.19. The molecule has 1 N–H and O–H groups in total. The lowest BCUT2D eigenvalue weighted by molar-refractivity contribution is -0.122. The number of carbonyl (C=O) groups excluding carboxylic acids is 2. The van der Waals surface area contributed by atoms with Gasteiger partial charge in [0.25, 0.3) is 0 Å². The minimum atomic E-state index is -0.619. The van der Waals surface area contributed by atoms with Crippen molar-refractivity contribution in [3.8, 4) is 5.75 Å². The highest BCUT2D eigenvalue weighted by Crippen LogP contribution is 2.33. The van der Waals surface area contributed by atoms with Crippen molar-refractivity contribution in [2.75, 3.05) is 23.9 Å². The molecule has 2 amide bonds. The van der Waals surface area contributed by atoms with Crippen LogP contribution in [0.2, 0.25) is 5.02 Å². The zero-order valence-electron chi connectivity index (χ0n) is 13.5. The van der Waals surface area contributed by atoms with Crippen LogP contribution in [0.25, 0.3) is 0 Å². The molecule has 1 aliphatic heterocycles. The first-order chi connectivity index (χ1) is 12.0. The second kappa shape index (κ2) is 7.11. The van der Waals surface area contributed by atoms with E-state index in [-0.39, 0.29) is 29.6 Å². The fourth-order valence-corrected chi connectivity index (χ4v) is 2.95. The number of anilines is 2. The van der Waals surface area contributed by atoms with Crippen LogP contribution in [0.5, 0.6) is 5.75 Å². The molecule has 1 fully saturated rings. The highest BCUT2D eigenvalue weighted by atomic mass is 35.5. The summed E-state index contributed by atoms with van der Waals surface area (Å²) in [5.74, 6) is -1.23. The highest BCUT2D eigenvalue weighted by Gasteiger charge is 2.36. The molecular weight excluding hydrogens is 347 g/mol. The van der Waals surface area contributed by atoms with Crippen molar-refractivity contribution in [2.45, 2.75) is 6.42 Å². The molecule has 1 heterocycles. The van der Waals surface area contributed by atoms with Crippen LogP contribution in [0.15, 0.2) is 42.5 Å².